The molecule has 2 N–H and O–H groups in total. The van der Waals surface area contributed by atoms with Crippen molar-refractivity contribution in [3.8, 4) is 0 Å². The number of ketones is 1. The van der Waals surface area contributed by atoms with Gasteiger partial charge < -0.3 is 10.6 Å². The summed E-state index contributed by atoms with van der Waals surface area (Å²) in [6.07, 6.45) is 2.15. The Labute approximate surface area is 175 Å². The third-order valence-electron chi connectivity index (χ3n) is 5.62. The van der Waals surface area contributed by atoms with Crippen molar-refractivity contribution in [3.05, 3.63) is 87.2 Å². The standard InChI is InChI=1S/C24H23ClN2O2/c1-14-6-3-4-7-18(14)27-24(29)21-15(2)26-19-8-5-9-20(28)23(19)22(21)16-10-12-17(25)13-11-16/h3-4,6-7,10-13,22,26H,5,8-9H2,1-2H3,(H,27,29)/t22-/m1/s1. The van der Waals surface area contributed by atoms with Crippen LogP contribution in [0.15, 0.2) is 71.1 Å². The van der Waals surface area contributed by atoms with E-state index in [-0.39, 0.29) is 11.7 Å². The first kappa shape index (κ1) is 19.5. The van der Waals surface area contributed by atoms with E-state index in [2.05, 4.69) is 10.6 Å². The normalized spacial score (nSPS) is 19.0. The van der Waals surface area contributed by atoms with Gasteiger partial charge in [-0.1, -0.05) is 41.9 Å². The molecule has 0 saturated heterocycles. The third kappa shape index (κ3) is 3.73. The monoisotopic (exact) mass is 406 g/mol. The average Bonchev–Trinajstić information content (AvgIpc) is 2.69. The third-order valence-corrected chi connectivity index (χ3v) is 5.87. The number of benzene rings is 2. The van der Waals surface area contributed by atoms with Crippen LogP contribution in [0.25, 0.3) is 0 Å². The lowest BCUT2D eigenvalue weighted by atomic mass is 9.75. The predicted molar refractivity (Wildman–Crippen MR) is 116 cm³/mol. The molecular formula is C24H23ClN2O2. The zero-order chi connectivity index (χ0) is 20.5. The Morgan fingerprint density at radius 2 is 1.79 bits per heavy atom. The molecule has 0 spiro atoms. The number of dihydropyridines is 1. The summed E-state index contributed by atoms with van der Waals surface area (Å²) in [7, 11) is 0. The van der Waals surface area contributed by atoms with E-state index in [1.54, 1.807) is 12.1 Å². The molecule has 4 nitrogen and oxygen atoms in total. The Morgan fingerprint density at radius 3 is 2.52 bits per heavy atom. The summed E-state index contributed by atoms with van der Waals surface area (Å²) < 4.78 is 0. The Bertz CT molecular complexity index is 1050. The summed E-state index contributed by atoms with van der Waals surface area (Å²) in [5.41, 5.74) is 5.65. The first-order valence-corrected chi connectivity index (χ1v) is 10.2. The number of rotatable bonds is 3. The van der Waals surface area contributed by atoms with E-state index < -0.39 is 5.92 Å². The minimum atomic E-state index is -0.402. The van der Waals surface area contributed by atoms with Gasteiger partial charge in [-0.15, -0.1) is 0 Å². The highest BCUT2D eigenvalue weighted by Crippen LogP contribution is 2.42. The number of para-hydroxylation sites is 1. The van der Waals surface area contributed by atoms with Gasteiger partial charge in [0.05, 0.1) is 0 Å². The number of nitrogens with one attached hydrogen (secondary N) is 2. The molecule has 2 aliphatic rings. The molecule has 1 atom stereocenters. The van der Waals surface area contributed by atoms with Crippen LogP contribution in [0.3, 0.4) is 0 Å². The van der Waals surface area contributed by atoms with Gasteiger partial charge in [0, 0.05) is 45.6 Å². The van der Waals surface area contributed by atoms with Crippen LogP contribution in [-0.2, 0) is 9.59 Å². The molecule has 0 fully saturated rings. The van der Waals surface area contributed by atoms with E-state index >= 15 is 0 Å². The fourth-order valence-electron chi connectivity index (χ4n) is 4.18. The Balaban J connectivity index is 1.79. The van der Waals surface area contributed by atoms with E-state index in [9.17, 15) is 9.59 Å². The maximum atomic E-state index is 13.4. The summed E-state index contributed by atoms with van der Waals surface area (Å²) in [5.74, 6) is -0.498. The fraction of sp³-hybridized carbons (Fsp3) is 0.250. The summed E-state index contributed by atoms with van der Waals surface area (Å²) in [4.78, 5) is 26.3. The SMILES string of the molecule is CC1=C(C(=O)Nc2ccccc2C)[C@@H](c2ccc(Cl)cc2)C2=C(CCCC2=O)N1. The van der Waals surface area contributed by atoms with E-state index in [1.807, 2.05) is 50.2 Å². The molecule has 1 amide bonds. The van der Waals surface area contributed by atoms with Crippen molar-refractivity contribution < 1.29 is 9.59 Å². The van der Waals surface area contributed by atoms with Gasteiger partial charge in [-0.05, 0) is 56.0 Å². The van der Waals surface area contributed by atoms with Gasteiger partial charge in [0.1, 0.15) is 0 Å². The molecule has 148 valence electrons. The number of hydrogen-bond donors (Lipinski definition) is 2. The minimum Gasteiger partial charge on any atom is -0.362 e. The molecule has 1 aliphatic carbocycles. The lowest BCUT2D eigenvalue weighted by molar-refractivity contribution is -0.116. The molecule has 0 aromatic heterocycles. The van der Waals surface area contributed by atoms with Crippen molar-refractivity contribution in [2.45, 2.75) is 39.0 Å². The number of amides is 1. The van der Waals surface area contributed by atoms with Gasteiger partial charge in [-0.3, -0.25) is 9.59 Å². The number of allylic oxidation sites excluding steroid dienone is 3. The second-order valence-electron chi connectivity index (χ2n) is 7.59. The molecule has 5 heteroatoms. The Kier molecular flexibility index (Phi) is 5.29. The molecule has 0 radical (unpaired) electrons. The molecule has 1 aliphatic heterocycles. The van der Waals surface area contributed by atoms with Crippen LogP contribution in [0.4, 0.5) is 5.69 Å². The largest absolute Gasteiger partial charge is 0.362 e. The lowest BCUT2D eigenvalue weighted by Gasteiger charge is -2.34. The van der Waals surface area contributed by atoms with Crippen molar-refractivity contribution >= 4 is 29.0 Å². The second kappa shape index (κ2) is 7.88. The van der Waals surface area contributed by atoms with Crippen molar-refractivity contribution in [1.82, 2.24) is 5.32 Å². The van der Waals surface area contributed by atoms with Gasteiger partial charge in [-0.25, -0.2) is 0 Å². The molecule has 0 unspecified atom stereocenters. The summed E-state index contributed by atoms with van der Waals surface area (Å²) in [6.45, 7) is 3.86. The first-order valence-electron chi connectivity index (χ1n) is 9.82. The number of hydrogen-bond acceptors (Lipinski definition) is 3. The van der Waals surface area contributed by atoms with Crippen LogP contribution in [0, 0.1) is 6.92 Å². The van der Waals surface area contributed by atoms with Gasteiger partial charge >= 0.3 is 0 Å². The van der Waals surface area contributed by atoms with Gasteiger partial charge in [0.25, 0.3) is 5.91 Å². The van der Waals surface area contributed by atoms with Crippen LogP contribution in [0.5, 0.6) is 0 Å². The zero-order valence-electron chi connectivity index (χ0n) is 16.5. The molecule has 29 heavy (non-hydrogen) atoms. The summed E-state index contributed by atoms with van der Waals surface area (Å²) in [6, 6.07) is 15.1. The van der Waals surface area contributed by atoms with Crippen molar-refractivity contribution in [2.75, 3.05) is 5.32 Å². The maximum Gasteiger partial charge on any atom is 0.254 e. The first-order chi connectivity index (χ1) is 14.0. The highest BCUT2D eigenvalue weighted by Gasteiger charge is 2.38. The van der Waals surface area contributed by atoms with E-state index in [1.165, 1.54) is 0 Å². The van der Waals surface area contributed by atoms with Crippen LogP contribution >= 0.6 is 11.6 Å². The van der Waals surface area contributed by atoms with E-state index in [4.69, 9.17) is 11.6 Å². The van der Waals surface area contributed by atoms with Gasteiger partial charge in [-0.2, -0.15) is 0 Å². The average molecular weight is 407 g/mol. The second-order valence-corrected chi connectivity index (χ2v) is 8.02. The number of carbonyl (C=O) groups excluding carboxylic acids is 2. The van der Waals surface area contributed by atoms with Gasteiger partial charge in [0.15, 0.2) is 5.78 Å². The predicted octanol–water partition coefficient (Wildman–Crippen LogP) is 5.26. The smallest absolute Gasteiger partial charge is 0.254 e. The Hall–Kier alpha value is -2.85. The number of Topliss-reactive ketones (excluding diaryl/α,β-unsaturated/α-hetero) is 1. The van der Waals surface area contributed by atoms with Crippen molar-refractivity contribution in [3.63, 3.8) is 0 Å². The van der Waals surface area contributed by atoms with Crippen LogP contribution in [-0.4, -0.2) is 11.7 Å². The number of halogens is 1. The number of anilines is 1. The summed E-state index contributed by atoms with van der Waals surface area (Å²) >= 11 is 6.09. The topological polar surface area (TPSA) is 58.2 Å². The highest BCUT2D eigenvalue weighted by atomic mass is 35.5. The molecule has 2 aromatic carbocycles. The lowest BCUT2D eigenvalue weighted by Crippen LogP contribution is -2.35. The van der Waals surface area contributed by atoms with E-state index in [0.29, 0.717) is 22.6 Å². The number of carbonyl (C=O) groups is 2. The summed E-state index contributed by atoms with van der Waals surface area (Å²) in [5, 5.41) is 7.00. The highest BCUT2D eigenvalue weighted by molar-refractivity contribution is 6.30. The molecular weight excluding hydrogens is 384 g/mol. The Morgan fingerprint density at radius 1 is 1.07 bits per heavy atom. The molecule has 0 saturated carbocycles. The zero-order valence-corrected chi connectivity index (χ0v) is 17.3. The molecule has 1 heterocycles. The van der Waals surface area contributed by atoms with Gasteiger partial charge in [0.2, 0.25) is 0 Å². The minimum absolute atomic E-state index is 0.104. The number of aryl methyl sites for hydroxylation is 1. The molecule has 0 bridgehead atoms. The van der Waals surface area contributed by atoms with Crippen LogP contribution < -0.4 is 10.6 Å². The quantitative estimate of drug-likeness (QED) is 0.731. The van der Waals surface area contributed by atoms with Crippen LogP contribution in [0.1, 0.15) is 43.2 Å². The molecule has 2 aromatic rings. The maximum absolute atomic E-state index is 13.4. The van der Waals surface area contributed by atoms with E-state index in [0.717, 1.165) is 41.1 Å². The molecule has 4 rings (SSSR count). The van der Waals surface area contributed by atoms with Crippen molar-refractivity contribution in [1.29, 1.82) is 0 Å². The van der Waals surface area contributed by atoms with Crippen molar-refractivity contribution in [2.24, 2.45) is 0 Å². The van der Waals surface area contributed by atoms with Crippen LogP contribution in [0.2, 0.25) is 5.02 Å². The fourth-order valence-corrected chi connectivity index (χ4v) is 4.30.